The monoisotopic (exact) mass is 296 g/mol. The van der Waals surface area contributed by atoms with Crippen LogP contribution in [-0.2, 0) is 0 Å². The lowest BCUT2D eigenvalue weighted by Crippen LogP contribution is -2.39. The number of nitrogens with one attached hydrogen (secondary N) is 1. The van der Waals surface area contributed by atoms with Gasteiger partial charge in [0.1, 0.15) is 0 Å². The van der Waals surface area contributed by atoms with E-state index in [1.165, 1.54) is 90.4 Å². The summed E-state index contributed by atoms with van der Waals surface area (Å²) < 4.78 is 0. The minimum Gasteiger partial charge on any atom is -0.315 e. The van der Waals surface area contributed by atoms with Crippen LogP contribution in [0.4, 0.5) is 0 Å². The number of unbranched alkanes of at least 4 members (excludes halogenated alkanes) is 7. The second-order valence-corrected chi connectivity index (χ2v) is 7.36. The number of hydrogen-bond donors (Lipinski definition) is 1. The lowest BCUT2D eigenvalue weighted by molar-refractivity contribution is 0.240. The van der Waals surface area contributed by atoms with Gasteiger partial charge in [-0.15, -0.1) is 0 Å². The van der Waals surface area contributed by atoms with Crippen molar-refractivity contribution in [3.8, 4) is 0 Å². The molecule has 0 radical (unpaired) electrons. The maximum Gasteiger partial charge on any atom is 0.0221 e. The zero-order chi connectivity index (χ0) is 15.3. The Bertz CT molecular complexity index is 228. The van der Waals surface area contributed by atoms with Crippen molar-refractivity contribution in [2.45, 2.75) is 91.0 Å². The van der Waals surface area contributed by atoms with E-state index in [4.69, 9.17) is 0 Å². The Kier molecular flexibility index (Phi) is 11.3. The largest absolute Gasteiger partial charge is 0.315 e. The fourth-order valence-electron chi connectivity index (χ4n) is 3.41. The van der Waals surface area contributed by atoms with E-state index in [0.717, 1.165) is 12.0 Å². The number of hydrogen-bond acceptors (Lipinski definition) is 2. The fourth-order valence-corrected chi connectivity index (χ4v) is 3.41. The molecule has 126 valence electrons. The first-order chi connectivity index (χ1) is 10.2. The molecule has 21 heavy (non-hydrogen) atoms. The maximum atomic E-state index is 3.65. The molecule has 0 bridgehead atoms. The van der Waals surface area contributed by atoms with Gasteiger partial charge in [-0.05, 0) is 44.8 Å². The van der Waals surface area contributed by atoms with Crippen LogP contribution in [0.25, 0.3) is 0 Å². The summed E-state index contributed by atoms with van der Waals surface area (Å²) in [5.41, 5.74) is 0. The highest BCUT2D eigenvalue weighted by Gasteiger charge is 2.23. The molecule has 1 atom stereocenters. The lowest BCUT2D eigenvalue weighted by Gasteiger charge is -2.25. The number of nitrogens with zero attached hydrogens (tertiary/aromatic N) is 1. The van der Waals surface area contributed by atoms with Gasteiger partial charge < -0.3 is 5.32 Å². The van der Waals surface area contributed by atoms with Crippen molar-refractivity contribution in [2.75, 3.05) is 26.2 Å². The maximum absolute atomic E-state index is 3.65. The second kappa shape index (κ2) is 12.5. The van der Waals surface area contributed by atoms with Crippen molar-refractivity contribution in [3.63, 3.8) is 0 Å². The van der Waals surface area contributed by atoms with E-state index >= 15 is 0 Å². The quantitative estimate of drug-likeness (QED) is 0.489. The first-order valence-corrected chi connectivity index (χ1v) is 9.68. The molecule has 2 nitrogen and oxygen atoms in total. The Morgan fingerprint density at radius 2 is 1.67 bits per heavy atom. The third-order valence-corrected chi connectivity index (χ3v) is 4.73. The lowest BCUT2D eigenvalue weighted by atomic mass is 10.1. The third-order valence-electron chi connectivity index (χ3n) is 4.73. The fraction of sp³-hybridized carbons (Fsp3) is 1.00. The van der Waals surface area contributed by atoms with E-state index < -0.39 is 0 Å². The molecule has 1 heterocycles. The summed E-state index contributed by atoms with van der Waals surface area (Å²) in [5.74, 6) is 0.771. The third kappa shape index (κ3) is 9.52. The SMILES string of the molecule is CCCCCCCCCCN1CCCC1CNCC(C)C. The minimum atomic E-state index is 0.771. The summed E-state index contributed by atoms with van der Waals surface area (Å²) in [5, 5.41) is 3.65. The first-order valence-electron chi connectivity index (χ1n) is 9.68. The molecule has 1 rings (SSSR count). The number of rotatable bonds is 13. The first kappa shape index (κ1) is 19.0. The zero-order valence-electron chi connectivity index (χ0n) is 15.0. The van der Waals surface area contributed by atoms with Gasteiger partial charge in [0.2, 0.25) is 0 Å². The standard InChI is InChI=1S/C19H40N2/c1-4-5-6-7-8-9-10-11-14-21-15-12-13-19(21)17-20-16-18(2)3/h18-20H,4-17H2,1-3H3. The highest BCUT2D eigenvalue weighted by Crippen LogP contribution is 2.18. The predicted octanol–water partition coefficient (Wildman–Crippen LogP) is 4.84. The molecule has 1 aliphatic heterocycles. The zero-order valence-corrected chi connectivity index (χ0v) is 15.0. The molecule has 0 amide bonds. The van der Waals surface area contributed by atoms with Gasteiger partial charge in [-0.2, -0.15) is 0 Å². The molecule has 0 aromatic rings. The molecule has 2 heteroatoms. The molecule has 0 aliphatic carbocycles. The van der Waals surface area contributed by atoms with Crippen molar-refractivity contribution in [3.05, 3.63) is 0 Å². The van der Waals surface area contributed by atoms with Crippen LogP contribution < -0.4 is 5.32 Å². The number of likely N-dealkylation sites (tertiary alicyclic amines) is 1. The molecule has 0 aromatic heterocycles. The van der Waals surface area contributed by atoms with Gasteiger partial charge in [0.15, 0.2) is 0 Å². The van der Waals surface area contributed by atoms with E-state index in [1.807, 2.05) is 0 Å². The molecule has 0 saturated carbocycles. The highest BCUT2D eigenvalue weighted by atomic mass is 15.2. The van der Waals surface area contributed by atoms with E-state index in [0.29, 0.717) is 0 Å². The van der Waals surface area contributed by atoms with Gasteiger partial charge in [-0.25, -0.2) is 0 Å². The molecular formula is C19H40N2. The Labute approximate surface area is 134 Å². The second-order valence-electron chi connectivity index (χ2n) is 7.36. The van der Waals surface area contributed by atoms with Gasteiger partial charge in [0.05, 0.1) is 0 Å². The van der Waals surface area contributed by atoms with E-state index in [1.54, 1.807) is 0 Å². The average Bonchev–Trinajstić information content (AvgIpc) is 2.89. The van der Waals surface area contributed by atoms with Crippen LogP contribution >= 0.6 is 0 Å². The van der Waals surface area contributed by atoms with Crippen LogP contribution in [0.2, 0.25) is 0 Å². The van der Waals surface area contributed by atoms with Crippen molar-refractivity contribution >= 4 is 0 Å². The van der Waals surface area contributed by atoms with Crippen molar-refractivity contribution < 1.29 is 0 Å². The van der Waals surface area contributed by atoms with Gasteiger partial charge in [0.25, 0.3) is 0 Å². The van der Waals surface area contributed by atoms with Gasteiger partial charge in [0, 0.05) is 12.6 Å². The summed E-state index contributed by atoms with van der Waals surface area (Å²) in [6, 6.07) is 0.813. The van der Waals surface area contributed by atoms with E-state index in [9.17, 15) is 0 Å². The average molecular weight is 297 g/mol. The van der Waals surface area contributed by atoms with Gasteiger partial charge >= 0.3 is 0 Å². The van der Waals surface area contributed by atoms with E-state index in [-0.39, 0.29) is 0 Å². The Morgan fingerprint density at radius 3 is 2.33 bits per heavy atom. The van der Waals surface area contributed by atoms with Gasteiger partial charge in [-0.1, -0.05) is 65.7 Å². The minimum absolute atomic E-state index is 0.771. The van der Waals surface area contributed by atoms with Gasteiger partial charge in [-0.3, -0.25) is 4.90 Å². The van der Waals surface area contributed by atoms with Crippen LogP contribution in [-0.4, -0.2) is 37.1 Å². The van der Waals surface area contributed by atoms with E-state index in [2.05, 4.69) is 31.0 Å². The molecule has 1 fully saturated rings. The predicted molar refractivity (Wildman–Crippen MR) is 94.9 cm³/mol. The molecule has 1 aliphatic rings. The van der Waals surface area contributed by atoms with Crippen LogP contribution in [0.15, 0.2) is 0 Å². The van der Waals surface area contributed by atoms with Crippen LogP contribution in [0.1, 0.15) is 85.0 Å². The highest BCUT2D eigenvalue weighted by molar-refractivity contribution is 4.80. The summed E-state index contributed by atoms with van der Waals surface area (Å²) in [7, 11) is 0. The smallest absolute Gasteiger partial charge is 0.0221 e. The summed E-state index contributed by atoms with van der Waals surface area (Å²) in [6.45, 7) is 11.9. The Hall–Kier alpha value is -0.0800. The molecule has 0 spiro atoms. The molecule has 0 aromatic carbocycles. The van der Waals surface area contributed by atoms with Crippen LogP contribution in [0.3, 0.4) is 0 Å². The van der Waals surface area contributed by atoms with Crippen LogP contribution in [0, 0.1) is 5.92 Å². The molecular weight excluding hydrogens is 256 g/mol. The van der Waals surface area contributed by atoms with Crippen molar-refractivity contribution in [1.29, 1.82) is 0 Å². The Morgan fingerprint density at radius 1 is 1.00 bits per heavy atom. The topological polar surface area (TPSA) is 15.3 Å². The summed E-state index contributed by atoms with van der Waals surface area (Å²) in [4.78, 5) is 2.74. The normalized spacial score (nSPS) is 19.7. The van der Waals surface area contributed by atoms with Crippen molar-refractivity contribution in [2.24, 2.45) is 5.92 Å². The molecule has 1 unspecified atom stereocenters. The summed E-state index contributed by atoms with van der Waals surface area (Å²) in [6.07, 6.45) is 14.3. The summed E-state index contributed by atoms with van der Waals surface area (Å²) >= 11 is 0. The Balaban J connectivity index is 1.97. The molecule has 1 saturated heterocycles. The molecule has 1 N–H and O–H groups in total. The van der Waals surface area contributed by atoms with Crippen molar-refractivity contribution in [1.82, 2.24) is 10.2 Å². The van der Waals surface area contributed by atoms with Crippen LogP contribution in [0.5, 0.6) is 0 Å².